The van der Waals surface area contributed by atoms with Gasteiger partial charge in [0.25, 0.3) is 0 Å². The molecule has 104 valence electrons. The van der Waals surface area contributed by atoms with E-state index >= 15 is 0 Å². The number of amides is 1. The van der Waals surface area contributed by atoms with Crippen LogP contribution < -0.4 is 10.2 Å². The van der Waals surface area contributed by atoms with Crippen LogP contribution in [0.2, 0.25) is 0 Å². The zero-order chi connectivity index (χ0) is 13.8. The number of hydrogen-bond acceptors (Lipinski definition) is 5. The van der Waals surface area contributed by atoms with Crippen LogP contribution in [-0.2, 0) is 17.8 Å². The summed E-state index contributed by atoms with van der Waals surface area (Å²) in [7, 11) is 3.54. The molecule has 1 amide bonds. The molecule has 0 radical (unpaired) electrons. The molecule has 1 aromatic rings. The number of likely N-dealkylation sites (N-methyl/N-ethyl adjacent to an activating group) is 2. The minimum Gasteiger partial charge on any atom is -0.347 e. The van der Waals surface area contributed by atoms with E-state index in [0.717, 1.165) is 43.1 Å². The van der Waals surface area contributed by atoms with Crippen molar-refractivity contribution in [1.29, 1.82) is 0 Å². The van der Waals surface area contributed by atoms with Gasteiger partial charge in [0, 0.05) is 45.7 Å². The third-order valence-electron chi connectivity index (χ3n) is 3.36. The maximum Gasteiger partial charge on any atom is 0.241 e. The smallest absolute Gasteiger partial charge is 0.241 e. The number of nitrogens with one attached hydrogen (secondary N) is 1. The Morgan fingerprint density at radius 3 is 2.89 bits per heavy atom. The Labute approximate surface area is 113 Å². The first kappa shape index (κ1) is 13.7. The molecule has 1 aromatic heterocycles. The Bertz CT molecular complexity index is 460. The van der Waals surface area contributed by atoms with Gasteiger partial charge in [-0.3, -0.25) is 4.79 Å². The van der Waals surface area contributed by atoms with E-state index in [-0.39, 0.29) is 5.91 Å². The third-order valence-corrected chi connectivity index (χ3v) is 3.36. The summed E-state index contributed by atoms with van der Waals surface area (Å²) in [6.07, 6.45) is 2.52. The van der Waals surface area contributed by atoms with Gasteiger partial charge in [0.1, 0.15) is 12.1 Å². The topological polar surface area (TPSA) is 61.4 Å². The first-order valence-electron chi connectivity index (χ1n) is 6.62. The number of anilines is 1. The van der Waals surface area contributed by atoms with E-state index in [1.54, 1.807) is 25.3 Å². The number of rotatable bonds is 4. The molecule has 0 bridgehead atoms. The lowest BCUT2D eigenvalue weighted by molar-refractivity contribution is -0.127. The van der Waals surface area contributed by atoms with Crippen LogP contribution in [-0.4, -0.2) is 54.5 Å². The largest absolute Gasteiger partial charge is 0.347 e. The Hall–Kier alpha value is -1.69. The zero-order valence-electron chi connectivity index (χ0n) is 11.8. The Morgan fingerprint density at radius 2 is 2.21 bits per heavy atom. The molecule has 0 unspecified atom stereocenters. The van der Waals surface area contributed by atoms with Gasteiger partial charge in [-0.1, -0.05) is 0 Å². The lowest BCUT2D eigenvalue weighted by atomic mass is 10.1. The van der Waals surface area contributed by atoms with Gasteiger partial charge in [-0.15, -0.1) is 0 Å². The van der Waals surface area contributed by atoms with E-state index in [1.807, 2.05) is 11.8 Å². The van der Waals surface area contributed by atoms with Gasteiger partial charge in [0.2, 0.25) is 5.91 Å². The van der Waals surface area contributed by atoms with Crippen molar-refractivity contribution in [1.82, 2.24) is 20.2 Å². The number of fused-ring (bicyclic) bond motifs is 1. The summed E-state index contributed by atoms with van der Waals surface area (Å²) in [5, 5.41) is 3.33. The standard InChI is InChI=1S/C13H21N5O/c1-4-18(8-12(19)17(2)3)13-10-7-14-6-5-11(10)15-9-16-13/h9,14H,4-8H2,1-3H3. The number of carbonyl (C=O) groups excluding carboxylic acids is 1. The molecule has 0 aromatic carbocycles. The van der Waals surface area contributed by atoms with Crippen molar-refractivity contribution in [2.24, 2.45) is 0 Å². The summed E-state index contributed by atoms with van der Waals surface area (Å²) in [6.45, 7) is 4.87. The molecular formula is C13H21N5O. The summed E-state index contributed by atoms with van der Waals surface area (Å²) < 4.78 is 0. The van der Waals surface area contributed by atoms with Crippen LogP contribution in [0.4, 0.5) is 5.82 Å². The average molecular weight is 263 g/mol. The molecule has 0 atom stereocenters. The van der Waals surface area contributed by atoms with Gasteiger partial charge in [-0.25, -0.2) is 9.97 Å². The molecule has 19 heavy (non-hydrogen) atoms. The molecule has 6 nitrogen and oxygen atoms in total. The highest BCUT2D eigenvalue weighted by molar-refractivity contribution is 5.81. The molecule has 1 aliphatic rings. The molecule has 0 fully saturated rings. The lowest BCUT2D eigenvalue weighted by Gasteiger charge is -2.27. The molecule has 2 heterocycles. The summed E-state index contributed by atoms with van der Waals surface area (Å²) >= 11 is 0. The van der Waals surface area contributed by atoms with Crippen LogP contribution >= 0.6 is 0 Å². The minimum atomic E-state index is 0.0815. The van der Waals surface area contributed by atoms with Gasteiger partial charge < -0.3 is 15.1 Å². The molecule has 0 aliphatic carbocycles. The fourth-order valence-corrected chi connectivity index (χ4v) is 2.17. The van der Waals surface area contributed by atoms with Gasteiger partial charge in [-0.2, -0.15) is 0 Å². The van der Waals surface area contributed by atoms with Gasteiger partial charge >= 0.3 is 0 Å². The van der Waals surface area contributed by atoms with Gasteiger partial charge in [0.15, 0.2) is 0 Å². The van der Waals surface area contributed by atoms with Crippen LogP contribution in [0, 0.1) is 0 Å². The van der Waals surface area contributed by atoms with E-state index in [2.05, 4.69) is 15.3 Å². The number of hydrogen-bond donors (Lipinski definition) is 1. The molecule has 0 saturated heterocycles. The normalized spacial score (nSPS) is 13.8. The van der Waals surface area contributed by atoms with Gasteiger partial charge in [0.05, 0.1) is 12.2 Å². The van der Waals surface area contributed by atoms with Crippen LogP contribution in [0.15, 0.2) is 6.33 Å². The summed E-state index contributed by atoms with van der Waals surface area (Å²) in [4.78, 5) is 24.2. The fourth-order valence-electron chi connectivity index (χ4n) is 2.17. The van der Waals surface area contributed by atoms with Gasteiger partial charge in [-0.05, 0) is 6.92 Å². The number of nitrogens with zero attached hydrogens (tertiary/aromatic N) is 4. The maximum atomic E-state index is 11.9. The molecule has 2 rings (SSSR count). The van der Waals surface area contributed by atoms with Crippen LogP contribution in [0.25, 0.3) is 0 Å². The summed E-state index contributed by atoms with van der Waals surface area (Å²) in [5.41, 5.74) is 2.22. The monoisotopic (exact) mass is 263 g/mol. The highest BCUT2D eigenvalue weighted by Crippen LogP contribution is 2.22. The van der Waals surface area contributed by atoms with E-state index in [1.165, 1.54) is 0 Å². The highest BCUT2D eigenvalue weighted by Gasteiger charge is 2.20. The predicted molar refractivity (Wildman–Crippen MR) is 74.0 cm³/mol. The first-order chi connectivity index (χ1) is 9.13. The summed E-state index contributed by atoms with van der Waals surface area (Å²) in [6, 6.07) is 0. The predicted octanol–water partition coefficient (Wildman–Crippen LogP) is 0.0368. The molecular weight excluding hydrogens is 242 g/mol. The Morgan fingerprint density at radius 1 is 1.42 bits per heavy atom. The molecule has 1 aliphatic heterocycles. The second kappa shape index (κ2) is 5.97. The highest BCUT2D eigenvalue weighted by atomic mass is 16.2. The third kappa shape index (κ3) is 3.01. The van der Waals surface area contributed by atoms with Crippen LogP contribution in [0.5, 0.6) is 0 Å². The molecule has 0 saturated carbocycles. The van der Waals surface area contributed by atoms with Crippen LogP contribution in [0.3, 0.4) is 0 Å². The molecule has 1 N–H and O–H groups in total. The minimum absolute atomic E-state index is 0.0815. The second-order valence-corrected chi connectivity index (χ2v) is 4.85. The van der Waals surface area contributed by atoms with E-state index in [0.29, 0.717) is 6.54 Å². The van der Waals surface area contributed by atoms with E-state index < -0.39 is 0 Å². The maximum absolute atomic E-state index is 11.9. The molecule has 0 spiro atoms. The van der Waals surface area contributed by atoms with E-state index in [4.69, 9.17) is 0 Å². The second-order valence-electron chi connectivity index (χ2n) is 4.85. The first-order valence-corrected chi connectivity index (χ1v) is 6.62. The van der Waals surface area contributed by atoms with Crippen molar-refractivity contribution in [2.75, 3.05) is 38.6 Å². The van der Waals surface area contributed by atoms with Crippen molar-refractivity contribution in [3.05, 3.63) is 17.6 Å². The number of aromatic nitrogens is 2. The lowest BCUT2D eigenvalue weighted by Crippen LogP contribution is -2.38. The fraction of sp³-hybridized carbons (Fsp3) is 0.615. The average Bonchev–Trinajstić information content (AvgIpc) is 2.44. The SMILES string of the molecule is CCN(CC(=O)N(C)C)c1ncnc2c1CNCC2. The Balaban J connectivity index is 2.25. The van der Waals surface area contributed by atoms with Crippen molar-refractivity contribution < 1.29 is 4.79 Å². The van der Waals surface area contributed by atoms with Crippen LogP contribution in [0.1, 0.15) is 18.2 Å². The quantitative estimate of drug-likeness (QED) is 0.831. The molecule has 6 heteroatoms. The van der Waals surface area contributed by atoms with Crippen molar-refractivity contribution in [3.8, 4) is 0 Å². The Kier molecular flexibility index (Phi) is 4.31. The van der Waals surface area contributed by atoms with Crippen molar-refractivity contribution in [2.45, 2.75) is 19.9 Å². The van der Waals surface area contributed by atoms with Crippen molar-refractivity contribution in [3.63, 3.8) is 0 Å². The summed E-state index contributed by atoms with van der Waals surface area (Å²) in [5.74, 6) is 0.966. The van der Waals surface area contributed by atoms with Crippen molar-refractivity contribution >= 4 is 11.7 Å². The van der Waals surface area contributed by atoms with E-state index in [9.17, 15) is 4.79 Å². The zero-order valence-corrected chi connectivity index (χ0v) is 11.8. The number of carbonyl (C=O) groups is 1.